The smallest absolute Gasteiger partial charge is 0.342 e. The molecule has 0 saturated carbocycles. The zero-order valence-corrected chi connectivity index (χ0v) is 18.1. The van der Waals surface area contributed by atoms with Gasteiger partial charge < -0.3 is 15.2 Å². The predicted molar refractivity (Wildman–Crippen MR) is 118 cm³/mol. The van der Waals surface area contributed by atoms with Crippen molar-refractivity contribution in [2.24, 2.45) is 10.2 Å². The number of nitrogens with one attached hydrogen (secondary N) is 2. The maximum absolute atomic E-state index is 12.4. The first-order valence-electron chi connectivity index (χ1n) is 9.45. The monoisotopic (exact) mass is 469 g/mol. The molecule has 2 aromatic carbocycles. The van der Waals surface area contributed by atoms with Gasteiger partial charge in [0.05, 0.1) is 16.3 Å². The number of aromatic hydroxyl groups is 1. The van der Waals surface area contributed by atoms with Crippen LogP contribution in [0.2, 0.25) is 0 Å². The van der Waals surface area contributed by atoms with Crippen LogP contribution in [0.1, 0.15) is 10.4 Å². The molecule has 0 aliphatic heterocycles. The van der Waals surface area contributed by atoms with Crippen molar-refractivity contribution in [2.75, 3.05) is 18.4 Å². The van der Waals surface area contributed by atoms with E-state index in [0.717, 1.165) is 0 Å². The van der Waals surface area contributed by atoms with Gasteiger partial charge in [-0.15, -0.1) is 0 Å². The lowest BCUT2D eigenvalue weighted by atomic mass is 10.2. The lowest BCUT2D eigenvalue weighted by Crippen LogP contribution is -2.25. The van der Waals surface area contributed by atoms with Gasteiger partial charge in [0.25, 0.3) is 15.9 Å². The van der Waals surface area contributed by atoms with Gasteiger partial charge in [-0.05, 0) is 54.6 Å². The van der Waals surface area contributed by atoms with Crippen LogP contribution < -0.4 is 10.0 Å². The molecule has 0 unspecified atom stereocenters. The molecule has 1 amide bonds. The van der Waals surface area contributed by atoms with Crippen molar-refractivity contribution in [3.8, 4) is 5.75 Å². The molecule has 1 aromatic heterocycles. The number of phenolic OH excluding ortho intramolecular Hbond substituents is 1. The van der Waals surface area contributed by atoms with Crippen molar-refractivity contribution in [1.82, 2.24) is 10.3 Å². The summed E-state index contributed by atoms with van der Waals surface area (Å²) in [5.41, 5.74) is 0.397. The lowest BCUT2D eigenvalue weighted by molar-refractivity contribution is -0.123. The highest BCUT2D eigenvalue weighted by atomic mass is 32.2. The molecule has 3 N–H and O–H groups in total. The van der Waals surface area contributed by atoms with Crippen LogP contribution in [0.4, 0.5) is 17.2 Å². The van der Waals surface area contributed by atoms with Gasteiger partial charge in [-0.25, -0.2) is 18.2 Å². The summed E-state index contributed by atoms with van der Waals surface area (Å²) in [6, 6.07) is 14.4. The standard InChI is InChI=1S/C21H19N5O6S/c1-22-20(28)13-32-21(29)17-12-15(7-10-18(17)27)25-24-14-5-8-16(9-6-14)33(30,31)26-19-4-2-3-11-23-19/h2-12,27H,13H2,1H3,(H,22,28)(H,23,26)/b25-24+. The fraction of sp³-hybridized carbons (Fsp3) is 0.0952. The van der Waals surface area contributed by atoms with Gasteiger partial charge in [0.15, 0.2) is 6.61 Å². The van der Waals surface area contributed by atoms with Gasteiger partial charge >= 0.3 is 5.97 Å². The minimum atomic E-state index is -3.82. The number of anilines is 1. The number of carbonyl (C=O) groups excluding carboxylic acids is 2. The Kier molecular flexibility index (Phi) is 7.31. The number of hydrogen-bond donors (Lipinski definition) is 3. The summed E-state index contributed by atoms with van der Waals surface area (Å²) in [7, 11) is -2.43. The topological polar surface area (TPSA) is 159 Å². The van der Waals surface area contributed by atoms with E-state index >= 15 is 0 Å². The summed E-state index contributed by atoms with van der Waals surface area (Å²) in [6.07, 6.45) is 1.47. The molecule has 0 aliphatic rings. The Morgan fingerprint density at radius 1 is 1.03 bits per heavy atom. The van der Waals surface area contributed by atoms with E-state index in [0.29, 0.717) is 5.69 Å². The number of likely N-dealkylation sites (N-methyl/N-ethyl adjacent to an activating group) is 1. The predicted octanol–water partition coefficient (Wildman–Crippen LogP) is 2.91. The Bertz CT molecular complexity index is 1280. The summed E-state index contributed by atoms with van der Waals surface area (Å²) in [5, 5.41) is 20.2. The van der Waals surface area contributed by atoms with Crippen molar-refractivity contribution < 1.29 is 27.9 Å². The van der Waals surface area contributed by atoms with E-state index in [4.69, 9.17) is 4.74 Å². The second kappa shape index (κ2) is 10.3. The minimum absolute atomic E-state index is 0.0119. The molecule has 0 radical (unpaired) electrons. The SMILES string of the molecule is CNC(=O)COC(=O)c1cc(/N=N/c2ccc(S(=O)(=O)Nc3ccccn3)cc2)ccc1O. The number of carbonyl (C=O) groups is 2. The molecule has 170 valence electrons. The molecular formula is C21H19N5O6S. The van der Waals surface area contributed by atoms with Crippen LogP contribution in [0.5, 0.6) is 5.75 Å². The number of nitrogens with zero attached hydrogens (tertiary/aromatic N) is 3. The van der Waals surface area contributed by atoms with E-state index < -0.39 is 28.5 Å². The van der Waals surface area contributed by atoms with E-state index in [1.165, 1.54) is 61.8 Å². The van der Waals surface area contributed by atoms with Gasteiger partial charge in [-0.3, -0.25) is 9.52 Å². The molecule has 11 nitrogen and oxygen atoms in total. The Morgan fingerprint density at radius 3 is 2.39 bits per heavy atom. The number of esters is 1. The molecule has 12 heteroatoms. The van der Waals surface area contributed by atoms with E-state index in [1.807, 2.05) is 0 Å². The van der Waals surface area contributed by atoms with Gasteiger partial charge in [-0.1, -0.05) is 6.07 Å². The number of ether oxygens (including phenoxy) is 1. The third-order valence-electron chi connectivity index (χ3n) is 4.15. The van der Waals surface area contributed by atoms with Crippen molar-refractivity contribution >= 4 is 39.1 Å². The van der Waals surface area contributed by atoms with Crippen LogP contribution in [-0.2, 0) is 19.6 Å². The minimum Gasteiger partial charge on any atom is -0.507 e. The van der Waals surface area contributed by atoms with E-state index in [-0.39, 0.29) is 27.7 Å². The highest BCUT2D eigenvalue weighted by Crippen LogP contribution is 2.26. The molecular weight excluding hydrogens is 450 g/mol. The normalized spacial score (nSPS) is 11.2. The van der Waals surface area contributed by atoms with Crippen LogP contribution in [-0.4, -0.2) is 44.0 Å². The lowest BCUT2D eigenvalue weighted by Gasteiger charge is -2.07. The van der Waals surface area contributed by atoms with Gasteiger partial charge in [0.2, 0.25) is 0 Å². The number of phenols is 1. The van der Waals surface area contributed by atoms with Crippen molar-refractivity contribution in [1.29, 1.82) is 0 Å². The van der Waals surface area contributed by atoms with E-state index in [1.54, 1.807) is 12.1 Å². The van der Waals surface area contributed by atoms with Crippen LogP contribution >= 0.6 is 0 Å². The van der Waals surface area contributed by atoms with Crippen molar-refractivity contribution in [3.05, 3.63) is 72.4 Å². The van der Waals surface area contributed by atoms with E-state index in [9.17, 15) is 23.1 Å². The molecule has 0 aliphatic carbocycles. The van der Waals surface area contributed by atoms with Crippen molar-refractivity contribution in [2.45, 2.75) is 4.90 Å². The summed E-state index contributed by atoms with van der Waals surface area (Å²) in [4.78, 5) is 27.2. The van der Waals surface area contributed by atoms with E-state index in [2.05, 4.69) is 25.3 Å². The summed E-state index contributed by atoms with van der Waals surface area (Å²) in [5.74, 6) is -1.55. The van der Waals surface area contributed by atoms with Crippen molar-refractivity contribution in [3.63, 3.8) is 0 Å². The fourth-order valence-corrected chi connectivity index (χ4v) is 3.47. The average Bonchev–Trinajstić information content (AvgIpc) is 2.82. The highest BCUT2D eigenvalue weighted by molar-refractivity contribution is 7.92. The number of rotatable bonds is 8. The first-order chi connectivity index (χ1) is 15.8. The van der Waals surface area contributed by atoms with Crippen LogP contribution in [0.25, 0.3) is 0 Å². The van der Waals surface area contributed by atoms with Crippen LogP contribution in [0.15, 0.2) is 82.0 Å². The highest BCUT2D eigenvalue weighted by Gasteiger charge is 2.16. The molecule has 33 heavy (non-hydrogen) atoms. The largest absolute Gasteiger partial charge is 0.507 e. The Hall–Kier alpha value is -4.32. The first kappa shape index (κ1) is 23.3. The quantitative estimate of drug-likeness (QED) is 0.338. The third-order valence-corrected chi connectivity index (χ3v) is 5.52. The van der Waals surface area contributed by atoms with Crippen LogP contribution in [0.3, 0.4) is 0 Å². The second-order valence-corrected chi connectivity index (χ2v) is 8.15. The zero-order chi connectivity index (χ0) is 23.8. The maximum atomic E-state index is 12.4. The van der Waals surface area contributed by atoms with Crippen LogP contribution in [0, 0.1) is 0 Å². The summed E-state index contributed by atoms with van der Waals surface area (Å²) in [6.45, 7) is -0.495. The summed E-state index contributed by atoms with van der Waals surface area (Å²) < 4.78 is 32.1. The number of amides is 1. The molecule has 0 saturated heterocycles. The number of azo groups is 1. The third kappa shape index (κ3) is 6.33. The molecule has 0 bridgehead atoms. The molecule has 3 rings (SSSR count). The fourth-order valence-electron chi connectivity index (χ4n) is 2.46. The zero-order valence-electron chi connectivity index (χ0n) is 17.3. The molecule has 0 atom stereocenters. The first-order valence-corrected chi connectivity index (χ1v) is 10.9. The number of benzene rings is 2. The summed E-state index contributed by atoms with van der Waals surface area (Å²) >= 11 is 0. The molecule has 1 heterocycles. The van der Waals surface area contributed by atoms with Gasteiger partial charge in [-0.2, -0.15) is 10.2 Å². The van der Waals surface area contributed by atoms with Gasteiger partial charge in [0, 0.05) is 13.2 Å². The average molecular weight is 469 g/mol. The Labute approximate surface area is 189 Å². The molecule has 0 fully saturated rings. The number of pyridine rings is 1. The van der Waals surface area contributed by atoms with Gasteiger partial charge in [0.1, 0.15) is 17.1 Å². The Balaban J connectivity index is 1.71. The molecule has 3 aromatic rings. The second-order valence-electron chi connectivity index (χ2n) is 6.47. The molecule has 0 spiro atoms. The Morgan fingerprint density at radius 2 is 1.73 bits per heavy atom. The number of sulfonamides is 1. The maximum Gasteiger partial charge on any atom is 0.342 e. The number of hydrogen-bond acceptors (Lipinski definition) is 9. The number of aromatic nitrogens is 1.